The number of amides is 3. The van der Waals surface area contributed by atoms with Crippen LogP contribution in [0, 0.1) is 13.8 Å². The smallest absolute Gasteiger partial charge is 0.271 e. The molecular formula is C19H26N6O4. The van der Waals surface area contributed by atoms with E-state index >= 15 is 0 Å². The molecule has 0 atom stereocenters. The van der Waals surface area contributed by atoms with Crippen molar-refractivity contribution in [2.45, 2.75) is 46.7 Å². The van der Waals surface area contributed by atoms with Gasteiger partial charge in [0.15, 0.2) is 5.69 Å². The number of aromatic nitrogens is 3. The second-order valence-corrected chi connectivity index (χ2v) is 7.10. The van der Waals surface area contributed by atoms with Crippen molar-refractivity contribution < 1.29 is 18.9 Å². The molecule has 29 heavy (non-hydrogen) atoms. The average molecular weight is 402 g/mol. The minimum Gasteiger partial charge on any atom is -0.361 e. The van der Waals surface area contributed by atoms with Crippen LogP contribution >= 0.6 is 0 Å². The fourth-order valence-corrected chi connectivity index (χ4v) is 3.52. The van der Waals surface area contributed by atoms with Crippen molar-refractivity contribution in [3.63, 3.8) is 0 Å². The molecule has 2 aromatic rings. The van der Waals surface area contributed by atoms with E-state index < -0.39 is 0 Å². The van der Waals surface area contributed by atoms with Gasteiger partial charge in [-0.3, -0.25) is 19.1 Å². The quantitative estimate of drug-likeness (QED) is 0.707. The van der Waals surface area contributed by atoms with Gasteiger partial charge in [-0.05, 0) is 13.8 Å². The second kappa shape index (κ2) is 8.46. The zero-order chi connectivity index (χ0) is 21.1. The van der Waals surface area contributed by atoms with Crippen LogP contribution in [0.15, 0.2) is 4.52 Å². The van der Waals surface area contributed by atoms with Crippen LogP contribution in [-0.2, 0) is 35.5 Å². The molecule has 1 aliphatic rings. The first kappa shape index (κ1) is 20.6. The van der Waals surface area contributed by atoms with E-state index in [4.69, 9.17) is 4.52 Å². The van der Waals surface area contributed by atoms with Crippen LogP contribution in [0.5, 0.6) is 0 Å². The van der Waals surface area contributed by atoms with Gasteiger partial charge in [-0.2, -0.15) is 5.10 Å². The molecular weight excluding hydrogens is 376 g/mol. The van der Waals surface area contributed by atoms with Crippen LogP contribution in [0.25, 0.3) is 0 Å². The van der Waals surface area contributed by atoms with Gasteiger partial charge in [0.05, 0.1) is 18.7 Å². The summed E-state index contributed by atoms with van der Waals surface area (Å²) in [5.41, 5.74) is 3.54. The molecule has 2 N–H and O–H groups in total. The standard InChI is InChI=1S/C19H26N6O4/c1-11-14(12(2)29-23-11)9-17(27)21-6-8-25-16-5-7-24(13(3)26)10-15(16)18(22-25)19(28)20-4/h5-10H2,1-4H3,(H,20,28)(H,21,27). The van der Waals surface area contributed by atoms with E-state index in [9.17, 15) is 14.4 Å². The summed E-state index contributed by atoms with van der Waals surface area (Å²) in [5, 5.41) is 13.8. The van der Waals surface area contributed by atoms with Crippen molar-refractivity contribution >= 4 is 17.7 Å². The lowest BCUT2D eigenvalue weighted by Crippen LogP contribution is -2.36. The Hall–Kier alpha value is -3.17. The predicted octanol–water partition coefficient (Wildman–Crippen LogP) is 0.111. The van der Waals surface area contributed by atoms with Crippen LogP contribution in [0.3, 0.4) is 0 Å². The number of nitrogens with one attached hydrogen (secondary N) is 2. The summed E-state index contributed by atoms with van der Waals surface area (Å²) >= 11 is 0. The third-order valence-corrected chi connectivity index (χ3v) is 5.19. The lowest BCUT2D eigenvalue weighted by molar-refractivity contribution is -0.129. The summed E-state index contributed by atoms with van der Waals surface area (Å²) in [6, 6.07) is 0. The SMILES string of the molecule is CNC(=O)c1nn(CCNC(=O)Cc2c(C)noc2C)c2c1CN(C(C)=O)CC2. The number of hydrogen-bond acceptors (Lipinski definition) is 6. The fourth-order valence-electron chi connectivity index (χ4n) is 3.52. The molecule has 0 spiro atoms. The molecule has 3 amide bonds. The van der Waals surface area contributed by atoms with E-state index in [2.05, 4.69) is 20.9 Å². The van der Waals surface area contributed by atoms with Gasteiger partial charge in [-0.15, -0.1) is 0 Å². The minimum absolute atomic E-state index is 0.0298. The zero-order valence-electron chi connectivity index (χ0n) is 17.2. The Morgan fingerprint density at radius 3 is 2.62 bits per heavy atom. The Morgan fingerprint density at radius 1 is 1.24 bits per heavy atom. The first-order chi connectivity index (χ1) is 13.8. The lowest BCUT2D eigenvalue weighted by atomic mass is 10.0. The van der Waals surface area contributed by atoms with E-state index in [1.165, 1.54) is 6.92 Å². The number of hydrogen-bond donors (Lipinski definition) is 2. The minimum atomic E-state index is -0.284. The van der Waals surface area contributed by atoms with Crippen LogP contribution in [-0.4, -0.2) is 57.7 Å². The molecule has 156 valence electrons. The Kier molecular flexibility index (Phi) is 6.00. The van der Waals surface area contributed by atoms with Crippen molar-refractivity contribution in [1.29, 1.82) is 0 Å². The third-order valence-electron chi connectivity index (χ3n) is 5.19. The highest BCUT2D eigenvalue weighted by molar-refractivity contribution is 5.94. The van der Waals surface area contributed by atoms with Gasteiger partial charge >= 0.3 is 0 Å². The number of rotatable bonds is 6. The van der Waals surface area contributed by atoms with E-state index in [-0.39, 0.29) is 24.1 Å². The normalized spacial score (nSPS) is 13.2. The molecule has 0 fully saturated rings. The van der Waals surface area contributed by atoms with Gasteiger partial charge in [0.2, 0.25) is 11.8 Å². The van der Waals surface area contributed by atoms with Gasteiger partial charge in [-0.25, -0.2) is 0 Å². The Balaban J connectivity index is 1.67. The zero-order valence-corrected chi connectivity index (χ0v) is 17.2. The molecule has 10 heteroatoms. The average Bonchev–Trinajstić information content (AvgIpc) is 3.22. The maximum atomic E-state index is 12.3. The van der Waals surface area contributed by atoms with Crippen molar-refractivity contribution in [1.82, 2.24) is 30.5 Å². The molecule has 0 aromatic carbocycles. The van der Waals surface area contributed by atoms with Crippen molar-refractivity contribution in [2.75, 3.05) is 20.1 Å². The molecule has 0 aliphatic carbocycles. The first-order valence-electron chi connectivity index (χ1n) is 9.56. The van der Waals surface area contributed by atoms with Gasteiger partial charge in [0, 0.05) is 56.8 Å². The number of carbonyl (C=O) groups is 3. The number of aryl methyl sites for hydroxylation is 2. The lowest BCUT2D eigenvalue weighted by Gasteiger charge is -2.26. The molecule has 1 aliphatic heterocycles. The van der Waals surface area contributed by atoms with Crippen molar-refractivity contribution in [2.24, 2.45) is 0 Å². The van der Waals surface area contributed by atoms with E-state index in [0.717, 1.165) is 16.8 Å². The molecule has 3 heterocycles. The molecule has 3 rings (SSSR count). The summed E-state index contributed by atoms with van der Waals surface area (Å²) in [6.07, 6.45) is 0.821. The van der Waals surface area contributed by atoms with Crippen molar-refractivity contribution in [3.05, 3.63) is 34.0 Å². The molecule has 0 saturated heterocycles. The summed E-state index contributed by atoms with van der Waals surface area (Å²) in [4.78, 5) is 37.9. The maximum Gasteiger partial charge on any atom is 0.271 e. The predicted molar refractivity (Wildman–Crippen MR) is 103 cm³/mol. The Labute approximate surface area is 168 Å². The third kappa shape index (κ3) is 4.30. The first-order valence-corrected chi connectivity index (χ1v) is 9.56. The van der Waals surface area contributed by atoms with Gasteiger partial charge in [-0.1, -0.05) is 5.16 Å². The van der Waals surface area contributed by atoms with Gasteiger partial charge < -0.3 is 20.1 Å². The second-order valence-electron chi connectivity index (χ2n) is 7.10. The van der Waals surface area contributed by atoms with E-state index in [0.29, 0.717) is 49.7 Å². The van der Waals surface area contributed by atoms with Crippen LogP contribution in [0.2, 0.25) is 0 Å². The molecule has 10 nitrogen and oxygen atoms in total. The molecule has 0 bridgehead atoms. The summed E-state index contributed by atoms with van der Waals surface area (Å²) in [7, 11) is 1.55. The largest absolute Gasteiger partial charge is 0.361 e. The molecule has 2 aromatic heterocycles. The molecule has 0 radical (unpaired) electrons. The molecule has 0 saturated carbocycles. The summed E-state index contributed by atoms with van der Waals surface area (Å²) in [6.45, 7) is 6.87. The highest BCUT2D eigenvalue weighted by Crippen LogP contribution is 2.23. The Morgan fingerprint density at radius 2 is 2.00 bits per heavy atom. The summed E-state index contributed by atoms with van der Waals surface area (Å²) in [5.74, 6) is 0.199. The fraction of sp³-hybridized carbons (Fsp3) is 0.526. The van der Waals surface area contributed by atoms with E-state index in [1.807, 2.05) is 0 Å². The van der Waals surface area contributed by atoms with Gasteiger partial charge in [0.1, 0.15) is 5.76 Å². The van der Waals surface area contributed by atoms with Crippen LogP contribution in [0.4, 0.5) is 0 Å². The Bertz CT molecular complexity index is 925. The van der Waals surface area contributed by atoms with Crippen LogP contribution < -0.4 is 10.6 Å². The number of fused-ring (bicyclic) bond motifs is 1. The van der Waals surface area contributed by atoms with Crippen molar-refractivity contribution in [3.8, 4) is 0 Å². The van der Waals surface area contributed by atoms with E-state index in [1.54, 1.807) is 30.5 Å². The highest BCUT2D eigenvalue weighted by atomic mass is 16.5. The molecule has 0 unspecified atom stereocenters. The topological polar surface area (TPSA) is 122 Å². The maximum absolute atomic E-state index is 12.3. The number of nitrogens with zero attached hydrogens (tertiary/aromatic N) is 4. The number of carbonyl (C=O) groups excluding carboxylic acids is 3. The van der Waals surface area contributed by atoms with Gasteiger partial charge in [0.25, 0.3) is 5.91 Å². The highest BCUT2D eigenvalue weighted by Gasteiger charge is 2.28. The summed E-state index contributed by atoms with van der Waals surface area (Å²) < 4.78 is 6.84. The van der Waals surface area contributed by atoms with Crippen LogP contribution in [0.1, 0.15) is 45.7 Å². The monoisotopic (exact) mass is 402 g/mol.